The lowest BCUT2D eigenvalue weighted by atomic mass is 10.1. The van der Waals surface area contributed by atoms with Crippen LogP contribution in [0.4, 0.5) is 5.69 Å². The Bertz CT molecular complexity index is 959. The molecule has 2 aromatic carbocycles. The number of carbonyl (C=O) groups is 2. The Morgan fingerprint density at radius 3 is 2.32 bits per heavy atom. The van der Waals surface area contributed by atoms with Crippen LogP contribution in [0.2, 0.25) is 5.02 Å². The summed E-state index contributed by atoms with van der Waals surface area (Å²) in [7, 11) is 1.68. The van der Waals surface area contributed by atoms with Gasteiger partial charge in [-0.1, -0.05) is 48.0 Å². The second-order valence-electron chi connectivity index (χ2n) is 6.24. The molecular weight excluding hydrogens is 374 g/mol. The van der Waals surface area contributed by atoms with Crippen molar-refractivity contribution in [2.75, 3.05) is 18.5 Å². The molecule has 3 rings (SSSR count). The van der Waals surface area contributed by atoms with E-state index in [4.69, 9.17) is 11.6 Å². The van der Waals surface area contributed by atoms with E-state index in [2.05, 4.69) is 10.3 Å². The van der Waals surface area contributed by atoms with E-state index in [0.29, 0.717) is 18.0 Å². The largest absolute Gasteiger partial charge is 0.350 e. The van der Waals surface area contributed by atoms with Gasteiger partial charge >= 0.3 is 0 Å². The van der Waals surface area contributed by atoms with Gasteiger partial charge in [0.1, 0.15) is 11.4 Å². The molecule has 0 aliphatic heterocycles. The van der Waals surface area contributed by atoms with Gasteiger partial charge in [0.15, 0.2) is 0 Å². The van der Waals surface area contributed by atoms with Crippen LogP contribution in [0.3, 0.4) is 0 Å². The molecule has 0 saturated heterocycles. The smallest absolute Gasteiger partial charge is 0.276 e. The van der Waals surface area contributed by atoms with Crippen molar-refractivity contribution in [3.63, 3.8) is 0 Å². The molecule has 0 unspecified atom stereocenters. The Kier molecular flexibility index (Phi) is 6.40. The zero-order chi connectivity index (χ0) is 19.9. The molecule has 1 aromatic heterocycles. The summed E-state index contributed by atoms with van der Waals surface area (Å²) in [5.41, 5.74) is 2.26. The van der Waals surface area contributed by atoms with E-state index >= 15 is 0 Å². The molecule has 1 heterocycles. The molecule has 3 aromatic rings. The number of hydrogen-bond acceptors (Lipinski definition) is 3. The molecule has 142 valence electrons. The number of halogens is 1. The molecule has 5 nitrogen and oxygen atoms in total. The standard InChI is InChI=1S/C22H20ClN3O2/c1-26(18-6-3-2-4-7-18)22(28)20-9-5-8-19(25-20)21(27)24-15-14-16-10-12-17(23)13-11-16/h2-13H,14-15H2,1H3,(H,24,27). The van der Waals surface area contributed by atoms with Gasteiger partial charge in [0, 0.05) is 24.3 Å². The number of aromatic nitrogens is 1. The maximum absolute atomic E-state index is 12.7. The zero-order valence-corrected chi connectivity index (χ0v) is 16.2. The quantitative estimate of drug-likeness (QED) is 0.688. The summed E-state index contributed by atoms with van der Waals surface area (Å²) in [5, 5.41) is 3.51. The number of para-hydroxylation sites is 1. The molecule has 6 heteroatoms. The molecule has 0 bridgehead atoms. The van der Waals surface area contributed by atoms with E-state index in [1.54, 1.807) is 25.2 Å². The van der Waals surface area contributed by atoms with Crippen molar-refractivity contribution in [3.05, 3.63) is 94.8 Å². The summed E-state index contributed by atoms with van der Waals surface area (Å²) in [4.78, 5) is 30.8. The van der Waals surface area contributed by atoms with Gasteiger partial charge in [-0.05, 0) is 48.4 Å². The molecule has 28 heavy (non-hydrogen) atoms. The molecule has 2 amide bonds. The van der Waals surface area contributed by atoms with Crippen LogP contribution in [0.5, 0.6) is 0 Å². The SMILES string of the molecule is CN(C(=O)c1cccc(C(=O)NCCc2ccc(Cl)cc2)n1)c1ccccc1. The lowest BCUT2D eigenvalue weighted by Gasteiger charge is -2.17. The summed E-state index contributed by atoms with van der Waals surface area (Å²) < 4.78 is 0. The van der Waals surface area contributed by atoms with Crippen LogP contribution in [0.15, 0.2) is 72.8 Å². The first-order valence-corrected chi connectivity index (χ1v) is 9.25. The second kappa shape index (κ2) is 9.15. The summed E-state index contributed by atoms with van der Waals surface area (Å²) in [6.07, 6.45) is 0.679. The Morgan fingerprint density at radius 2 is 1.61 bits per heavy atom. The Balaban J connectivity index is 1.62. The number of nitrogens with one attached hydrogen (secondary N) is 1. The second-order valence-corrected chi connectivity index (χ2v) is 6.68. The highest BCUT2D eigenvalue weighted by Gasteiger charge is 2.16. The minimum absolute atomic E-state index is 0.211. The van der Waals surface area contributed by atoms with E-state index in [0.717, 1.165) is 11.3 Å². The van der Waals surface area contributed by atoms with Crippen molar-refractivity contribution < 1.29 is 9.59 Å². The Hall–Kier alpha value is -3.18. The lowest BCUT2D eigenvalue weighted by molar-refractivity contribution is 0.0948. The summed E-state index contributed by atoms with van der Waals surface area (Å²) in [6, 6.07) is 21.6. The topological polar surface area (TPSA) is 62.3 Å². The highest BCUT2D eigenvalue weighted by atomic mass is 35.5. The summed E-state index contributed by atoms with van der Waals surface area (Å²) in [6.45, 7) is 0.463. The number of carbonyl (C=O) groups excluding carboxylic acids is 2. The van der Waals surface area contributed by atoms with Crippen LogP contribution in [-0.4, -0.2) is 30.4 Å². The van der Waals surface area contributed by atoms with E-state index < -0.39 is 0 Å². The summed E-state index contributed by atoms with van der Waals surface area (Å²) >= 11 is 5.87. The number of pyridine rings is 1. The van der Waals surface area contributed by atoms with Gasteiger partial charge in [0.25, 0.3) is 11.8 Å². The van der Waals surface area contributed by atoms with Gasteiger partial charge in [-0.2, -0.15) is 0 Å². The molecule has 0 saturated carbocycles. The number of anilines is 1. The van der Waals surface area contributed by atoms with E-state index in [1.807, 2.05) is 54.6 Å². The van der Waals surface area contributed by atoms with Crippen molar-refractivity contribution in [1.29, 1.82) is 0 Å². The number of rotatable bonds is 6. The molecule has 0 fully saturated rings. The van der Waals surface area contributed by atoms with Crippen LogP contribution >= 0.6 is 11.6 Å². The van der Waals surface area contributed by atoms with E-state index in [-0.39, 0.29) is 23.2 Å². The van der Waals surface area contributed by atoms with Gasteiger partial charge in [-0.15, -0.1) is 0 Å². The van der Waals surface area contributed by atoms with Crippen LogP contribution in [0, 0.1) is 0 Å². The van der Waals surface area contributed by atoms with Gasteiger partial charge in [-0.25, -0.2) is 4.98 Å². The fourth-order valence-corrected chi connectivity index (χ4v) is 2.81. The molecular formula is C22H20ClN3O2. The van der Waals surface area contributed by atoms with Gasteiger partial charge in [-0.3, -0.25) is 9.59 Å². The van der Waals surface area contributed by atoms with Crippen LogP contribution in [0.25, 0.3) is 0 Å². The molecule has 0 aliphatic rings. The molecule has 0 aliphatic carbocycles. The van der Waals surface area contributed by atoms with Crippen LogP contribution < -0.4 is 10.2 Å². The predicted molar refractivity (Wildman–Crippen MR) is 111 cm³/mol. The Morgan fingerprint density at radius 1 is 0.929 bits per heavy atom. The van der Waals surface area contributed by atoms with Crippen molar-refractivity contribution in [3.8, 4) is 0 Å². The number of amides is 2. The van der Waals surface area contributed by atoms with Crippen molar-refractivity contribution in [2.24, 2.45) is 0 Å². The fourth-order valence-electron chi connectivity index (χ4n) is 2.68. The van der Waals surface area contributed by atoms with Crippen LogP contribution in [0.1, 0.15) is 26.5 Å². The third-order valence-corrected chi connectivity index (χ3v) is 4.51. The highest BCUT2D eigenvalue weighted by Crippen LogP contribution is 2.14. The fraction of sp³-hybridized carbons (Fsp3) is 0.136. The first-order valence-electron chi connectivity index (χ1n) is 8.87. The van der Waals surface area contributed by atoms with Gasteiger partial charge in [0.05, 0.1) is 0 Å². The number of benzene rings is 2. The van der Waals surface area contributed by atoms with Crippen molar-refractivity contribution >= 4 is 29.1 Å². The predicted octanol–water partition coefficient (Wildman–Crippen LogP) is 3.98. The van der Waals surface area contributed by atoms with Crippen molar-refractivity contribution in [1.82, 2.24) is 10.3 Å². The minimum Gasteiger partial charge on any atom is -0.350 e. The van der Waals surface area contributed by atoms with Crippen molar-refractivity contribution in [2.45, 2.75) is 6.42 Å². The Labute approximate surface area is 169 Å². The number of hydrogen-bond donors (Lipinski definition) is 1. The van der Waals surface area contributed by atoms with E-state index in [1.165, 1.54) is 4.90 Å². The van der Waals surface area contributed by atoms with E-state index in [9.17, 15) is 9.59 Å². The number of nitrogens with zero attached hydrogens (tertiary/aromatic N) is 2. The van der Waals surface area contributed by atoms with Gasteiger partial charge < -0.3 is 10.2 Å². The molecule has 0 radical (unpaired) electrons. The monoisotopic (exact) mass is 393 g/mol. The normalized spacial score (nSPS) is 10.4. The summed E-state index contributed by atoms with van der Waals surface area (Å²) in [5.74, 6) is -0.590. The first-order chi connectivity index (χ1) is 13.5. The molecule has 1 N–H and O–H groups in total. The first kappa shape index (κ1) is 19.6. The maximum atomic E-state index is 12.7. The van der Waals surface area contributed by atoms with Crippen LogP contribution in [-0.2, 0) is 6.42 Å². The molecule has 0 atom stereocenters. The average Bonchev–Trinajstić information content (AvgIpc) is 2.74. The average molecular weight is 394 g/mol. The lowest BCUT2D eigenvalue weighted by Crippen LogP contribution is -2.29. The highest BCUT2D eigenvalue weighted by molar-refractivity contribution is 6.30. The minimum atomic E-state index is -0.314. The zero-order valence-electron chi connectivity index (χ0n) is 15.4. The third-order valence-electron chi connectivity index (χ3n) is 4.26. The maximum Gasteiger partial charge on any atom is 0.276 e. The van der Waals surface area contributed by atoms with Gasteiger partial charge in [0.2, 0.25) is 0 Å². The third kappa shape index (κ3) is 4.96. The molecule has 0 spiro atoms.